The van der Waals surface area contributed by atoms with E-state index in [-0.39, 0.29) is 22.8 Å². The van der Waals surface area contributed by atoms with Gasteiger partial charge in [-0.25, -0.2) is 13.7 Å². The first kappa shape index (κ1) is 27.5. The largest absolute Gasteiger partial charge is 0.487 e. The van der Waals surface area contributed by atoms with Gasteiger partial charge < -0.3 is 4.74 Å². The molecule has 0 saturated carbocycles. The first-order chi connectivity index (χ1) is 18.3. The molecule has 204 valence electrons. The maximum Gasteiger partial charge on any atom is 0.472 e. The Hall–Kier alpha value is -4.49. The van der Waals surface area contributed by atoms with Crippen LogP contribution >= 0.6 is 0 Å². The van der Waals surface area contributed by atoms with Gasteiger partial charge in [-0.15, -0.1) is 0 Å². The van der Waals surface area contributed by atoms with Crippen LogP contribution in [0, 0.1) is 11.6 Å². The Morgan fingerprint density at radius 1 is 0.923 bits per heavy atom. The minimum Gasteiger partial charge on any atom is -0.487 e. The van der Waals surface area contributed by atoms with Gasteiger partial charge in [0.1, 0.15) is 29.7 Å². The lowest BCUT2D eigenvalue weighted by Crippen LogP contribution is -2.39. The van der Waals surface area contributed by atoms with E-state index in [1.54, 1.807) is 18.2 Å². The van der Waals surface area contributed by atoms with E-state index in [0.29, 0.717) is 17.8 Å². The van der Waals surface area contributed by atoms with Crippen LogP contribution in [0.2, 0.25) is 0 Å². The number of benzene rings is 2. The van der Waals surface area contributed by atoms with Crippen molar-refractivity contribution in [3.63, 3.8) is 0 Å². The molecular formula is C25H16F8N4O2. The molecule has 4 rings (SSSR count). The van der Waals surface area contributed by atoms with Crippen LogP contribution in [-0.2, 0) is 24.1 Å². The van der Waals surface area contributed by atoms with Gasteiger partial charge in [0, 0.05) is 18.5 Å². The Morgan fingerprint density at radius 2 is 1.64 bits per heavy atom. The molecule has 0 unspecified atom stereocenters. The van der Waals surface area contributed by atoms with E-state index in [9.17, 15) is 39.9 Å². The Labute approximate surface area is 215 Å². The molecule has 0 radical (unpaired) electrons. The lowest BCUT2D eigenvalue weighted by atomic mass is 10.1. The van der Waals surface area contributed by atoms with Gasteiger partial charge in [0.25, 0.3) is 0 Å². The molecule has 39 heavy (non-hydrogen) atoms. The number of carbonyl (C=O) groups is 1. The quantitative estimate of drug-likeness (QED) is 0.246. The van der Waals surface area contributed by atoms with Crippen LogP contribution in [0.5, 0.6) is 5.75 Å². The summed E-state index contributed by atoms with van der Waals surface area (Å²) in [5.74, 6) is -6.59. The topological polar surface area (TPSA) is 60.2 Å². The molecule has 2 heterocycles. The number of amides is 1. The molecule has 14 heteroatoms. The van der Waals surface area contributed by atoms with Crippen LogP contribution in [0.15, 0.2) is 73.1 Å². The molecule has 0 spiro atoms. The summed E-state index contributed by atoms with van der Waals surface area (Å²) in [7, 11) is 0. The predicted molar refractivity (Wildman–Crippen MR) is 121 cm³/mol. The standard InChI is InChI=1S/C25H16F8N4O2/c26-19-5-3-6-20(27)22(19)37(23(38)25(31,32)33)21-9-11-36(35-21)13-15-7-8-17(12-18(15)24(28,29)30)39-14-16-4-1-2-10-34-16/h1-12H,13-14H2. The lowest BCUT2D eigenvalue weighted by molar-refractivity contribution is -0.169. The Morgan fingerprint density at radius 3 is 2.26 bits per heavy atom. The molecule has 4 aromatic rings. The number of halogens is 8. The van der Waals surface area contributed by atoms with Crippen LogP contribution in [0.1, 0.15) is 16.8 Å². The molecule has 2 aromatic heterocycles. The first-order valence-electron chi connectivity index (χ1n) is 11.0. The van der Waals surface area contributed by atoms with Crippen LogP contribution in [-0.4, -0.2) is 26.8 Å². The third kappa shape index (κ3) is 6.33. The average Bonchev–Trinajstić information content (AvgIpc) is 3.32. The molecule has 0 atom stereocenters. The van der Waals surface area contributed by atoms with E-state index in [1.807, 2.05) is 0 Å². The van der Waals surface area contributed by atoms with E-state index in [0.717, 1.165) is 35.1 Å². The molecule has 0 aliphatic heterocycles. The molecule has 0 aliphatic carbocycles. The molecule has 1 amide bonds. The maximum absolute atomic E-state index is 14.3. The van der Waals surface area contributed by atoms with Crippen molar-refractivity contribution in [2.45, 2.75) is 25.5 Å². The summed E-state index contributed by atoms with van der Waals surface area (Å²) in [5.41, 5.74) is -2.31. The van der Waals surface area contributed by atoms with E-state index in [2.05, 4.69) is 10.1 Å². The second-order valence-electron chi connectivity index (χ2n) is 8.01. The van der Waals surface area contributed by atoms with Gasteiger partial charge in [0.05, 0.1) is 17.8 Å². The number of para-hydroxylation sites is 1. The third-order valence-electron chi connectivity index (χ3n) is 5.29. The fraction of sp³-hybridized carbons (Fsp3) is 0.160. The molecule has 0 N–H and O–H groups in total. The number of anilines is 2. The number of carbonyl (C=O) groups excluding carboxylic acids is 1. The second-order valence-corrected chi connectivity index (χ2v) is 8.01. The summed E-state index contributed by atoms with van der Waals surface area (Å²) < 4.78 is 116. The highest BCUT2D eigenvalue weighted by molar-refractivity contribution is 6.03. The van der Waals surface area contributed by atoms with Gasteiger partial charge in [0.15, 0.2) is 5.82 Å². The fourth-order valence-corrected chi connectivity index (χ4v) is 3.57. The molecular weight excluding hydrogens is 540 g/mol. The summed E-state index contributed by atoms with van der Waals surface area (Å²) >= 11 is 0. The smallest absolute Gasteiger partial charge is 0.472 e. The summed E-state index contributed by atoms with van der Waals surface area (Å²) in [6, 6.07) is 11.0. The van der Waals surface area contributed by atoms with Crippen molar-refractivity contribution in [2.24, 2.45) is 0 Å². The lowest BCUT2D eigenvalue weighted by Gasteiger charge is -2.22. The van der Waals surface area contributed by atoms with Crippen molar-refractivity contribution < 1.29 is 44.7 Å². The average molecular weight is 556 g/mol. The van der Waals surface area contributed by atoms with Gasteiger partial charge in [-0.05, 0) is 42.0 Å². The zero-order valence-corrected chi connectivity index (χ0v) is 19.5. The first-order valence-corrected chi connectivity index (χ1v) is 11.0. The fourth-order valence-electron chi connectivity index (χ4n) is 3.57. The minimum atomic E-state index is -5.55. The van der Waals surface area contributed by atoms with Crippen molar-refractivity contribution in [1.82, 2.24) is 14.8 Å². The number of ether oxygens (including phenoxy) is 1. The zero-order valence-electron chi connectivity index (χ0n) is 19.5. The van der Waals surface area contributed by atoms with Crippen LogP contribution < -0.4 is 9.64 Å². The summed E-state index contributed by atoms with van der Waals surface area (Å²) in [6.07, 6.45) is -7.93. The van der Waals surface area contributed by atoms with Crippen molar-refractivity contribution in [3.05, 3.63) is 102 Å². The summed E-state index contributed by atoms with van der Waals surface area (Å²) in [4.78, 5) is 15.8. The number of alkyl halides is 6. The van der Waals surface area contributed by atoms with Gasteiger partial charge in [-0.2, -0.15) is 31.4 Å². The Balaban J connectivity index is 1.65. The molecule has 0 saturated heterocycles. The number of rotatable bonds is 7. The second kappa shape index (κ2) is 10.7. The van der Waals surface area contributed by atoms with Crippen molar-refractivity contribution in [1.29, 1.82) is 0 Å². The predicted octanol–water partition coefficient (Wildman–Crippen LogP) is 6.43. The highest BCUT2D eigenvalue weighted by atomic mass is 19.4. The van der Waals surface area contributed by atoms with Gasteiger partial charge in [0.2, 0.25) is 0 Å². The van der Waals surface area contributed by atoms with Gasteiger partial charge >= 0.3 is 18.3 Å². The number of aromatic nitrogens is 3. The van der Waals surface area contributed by atoms with Crippen LogP contribution in [0.25, 0.3) is 0 Å². The summed E-state index contributed by atoms with van der Waals surface area (Å²) in [5, 5.41) is 3.70. The highest BCUT2D eigenvalue weighted by Gasteiger charge is 2.46. The van der Waals surface area contributed by atoms with Gasteiger partial charge in [-0.1, -0.05) is 18.2 Å². The summed E-state index contributed by atoms with van der Waals surface area (Å²) in [6.45, 7) is -0.709. The monoisotopic (exact) mass is 556 g/mol. The number of hydrogen-bond acceptors (Lipinski definition) is 4. The van der Waals surface area contributed by atoms with Crippen LogP contribution in [0.3, 0.4) is 0 Å². The van der Waals surface area contributed by atoms with Crippen molar-refractivity contribution in [2.75, 3.05) is 4.90 Å². The van der Waals surface area contributed by atoms with E-state index in [1.165, 1.54) is 12.3 Å². The van der Waals surface area contributed by atoms with Crippen molar-refractivity contribution >= 4 is 17.4 Å². The number of pyridine rings is 1. The van der Waals surface area contributed by atoms with Crippen LogP contribution in [0.4, 0.5) is 46.6 Å². The molecule has 6 nitrogen and oxygen atoms in total. The highest BCUT2D eigenvalue weighted by Crippen LogP contribution is 2.36. The Kier molecular flexibility index (Phi) is 7.56. The number of nitrogens with zero attached hydrogens (tertiary/aromatic N) is 4. The zero-order chi connectivity index (χ0) is 28.4. The van der Waals surface area contributed by atoms with E-state index >= 15 is 0 Å². The van der Waals surface area contributed by atoms with E-state index in [4.69, 9.17) is 4.74 Å². The molecule has 2 aromatic carbocycles. The number of hydrogen-bond donors (Lipinski definition) is 0. The molecule has 0 bridgehead atoms. The molecule has 0 aliphatic rings. The van der Waals surface area contributed by atoms with E-state index < -0.39 is 53.5 Å². The SMILES string of the molecule is O=C(N(c1ccn(Cc2ccc(OCc3ccccn3)cc2C(F)(F)F)n1)c1c(F)cccc1F)C(F)(F)F. The minimum absolute atomic E-state index is 0.102. The molecule has 0 fully saturated rings. The van der Waals surface area contributed by atoms with Crippen molar-refractivity contribution in [3.8, 4) is 5.75 Å². The maximum atomic E-state index is 14.3. The normalized spacial score (nSPS) is 11.9. The Bertz CT molecular complexity index is 1450. The van der Waals surface area contributed by atoms with Gasteiger partial charge in [-0.3, -0.25) is 14.5 Å². The third-order valence-corrected chi connectivity index (χ3v) is 5.29.